The van der Waals surface area contributed by atoms with E-state index in [0.717, 1.165) is 43.5 Å². The van der Waals surface area contributed by atoms with Crippen LogP contribution < -0.4 is 10.1 Å². The summed E-state index contributed by atoms with van der Waals surface area (Å²) in [5.41, 5.74) is 0.720. The number of likely N-dealkylation sites (tertiary alicyclic amines) is 1. The maximum Gasteiger partial charge on any atom is 0.243 e. The van der Waals surface area contributed by atoms with E-state index in [1.54, 1.807) is 4.90 Å². The number of rotatable bonds is 5. The molecule has 0 bridgehead atoms. The average molecular weight is 330 g/mol. The van der Waals surface area contributed by atoms with E-state index >= 15 is 0 Å². The molecule has 1 saturated carbocycles. The molecule has 0 atom stereocenters. The smallest absolute Gasteiger partial charge is 0.243 e. The Hall–Kier alpha value is -2.04. The van der Waals surface area contributed by atoms with E-state index in [0.29, 0.717) is 19.1 Å². The molecule has 5 nitrogen and oxygen atoms in total. The number of carbonyl (C=O) groups excluding carboxylic acids is 2. The fourth-order valence-electron chi connectivity index (χ4n) is 3.43. The molecule has 1 saturated heterocycles. The third kappa shape index (κ3) is 4.73. The lowest BCUT2D eigenvalue weighted by atomic mass is 10.2. The molecule has 0 radical (unpaired) electrons. The van der Waals surface area contributed by atoms with Gasteiger partial charge < -0.3 is 15.0 Å². The molecule has 1 aromatic carbocycles. The minimum atomic E-state index is -0.150. The van der Waals surface area contributed by atoms with Crippen molar-refractivity contribution < 1.29 is 14.3 Å². The van der Waals surface area contributed by atoms with Gasteiger partial charge in [-0.15, -0.1) is 0 Å². The summed E-state index contributed by atoms with van der Waals surface area (Å²) in [6.07, 6.45) is 8.48. The molecule has 2 amide bonds. The second-order valence-electron chi connectivity index (χ2n) is 6.73. The number of nitrogens with zero attached hydrogens (tertiary/aromatic N) is 1. The van der Waals surface area contributed by atoms with E-state index in [9.17, 15) is 9.59 Å². The van der Waals surface area contributed by atoms with Crippen LogP contribution >= 0.6 is 0 Å². The Morgan fingerprint density at radius 1 is 1.17 bits per heavy atom. The number of ether oxygens (including phenoxy) is 1. The van der Waals surface area contributed by atoms with Crippen LogP contribution in [0.2, 0.25) is 0 Å². The molecule has 1 aliphatic heterocycles. The lowest BCUT2D eigenvalue weighted by Gasteiger charge is -2.20. The monoisotopic (exact) mass is 330 g/mol. The van der Waals surface area contributed by atoms with Crippen molar-refractivity contribution in [1.29, 1.82) is 0 Å². The first-order valence-corrected chi connectivity index (χ1v) is 9.05. The van der Waals surface area contributed by atoms with Crippen LogP contribution in [0.25, 0.3) is 0 Å². The van der Waals surface area contributed by atoms with Crippen LogP contribution in [-0.2, 0) is 9.59 Å². The van der Waals surface area contributed by atoms with Crippen LogP contribution in [0.4, 0.5) is 5.69 Å². The Bertz CT molecular complexity index is 582. The first-order chi connectivity index (χ1) is 11.7. The number of hydrogen-bond acceptors (Lipinski definition) is 3. The molecule has 1 aliphatic carbocycles. The second-order valence-corrected chi connectivity index (χ2v) is 6.73. The molecular weight excluding hydrogens is 304 g/mol. The molecule has 0 aromatic heterocycles. The van der Waals surface area contributed by atoms with Crippen molar-refractivity contribution in [2.45, 2.75) is 57.5 Å². The molecule has 5 heteroatoms. The summed E-state index contributed by atoms with van der Waals surface area (Å²) in [5.74, 6) is 0.731. The van der Waals surface area contributed by atoms with Gasteiger partial charge in [0, 0.05) is 24.7 Å². The molecular formula is C19H26N2O3. The predicted molar refractivity (Wildman–Crippen MR) is 93.0 cm³/mol. The molecule has 2 fully saturated rings. The number of anilines is 1. The first-order valence-electron chi connectivity index (χ1n) is 9.05. The van der Waals surface area contributed by atoms with Crippen LogP contribution in [0, 0.1) is 0 Å². The standard InChI is InChI=1S/C19H26N2O3/c22-18(14-21-12-5-1-2-11-19(21)23)20-15-7-6-10-17(13-15)24-16-8-3-4-9-16/h6-7,10,13,16H,1-5,8-9,11-12,14H2,(H,20,22). The van der Waals surface area contributed by atoms with Crippen molar-refractivity contribution in [3.05, 3.63) is 24.3 Å². The second kappa shape index (κ2) is 8.18. The molecule has 3 rings (SSSR count). The minimum Gasteiger partial charge on any atom is -0.490 e. The molecule has 0 spiro atoms. The quantitative estimate of drug-likeness (QED) is 0.901. The summed E-state index contributed by atoms with van der Waals surface area (Å²) in [5, 5.41) is 2.88. The largest absolute Gasteiger partial charge is 0.490 e. The lowest BCUT2D eigenvalue weighted by Crippen LogP contribution is -2.37. The van der Waals surface area contributed by atoms with Crippen molar-refractivity contribution >= 4 is 17.5 Å². The van der Waals surface area contributed by atoms with Crippen molar-refractivity contribution in [3.63, 3.8) is 0 Å². The van der Waals surface area contributed by atoms with Crippen LogP contribution in [0.5, 0.6) is 5.75 Å². The first kappa shape index (κ1) is 16.8. The fourth-order valence-corrected chi connectivity index (χ4v) is 3.43. The van der Waals surface area contributed by atoms with Gasteiger partial charge in [0.05, 0.1) is 12.6 Å². The van der Waals surface area contributed by atoms with Gasteiger partial charge in [-0.05, 0) is 50.7 Å². The Morgan fingerprint density at radius 3 is 2.83 bits per heavy atom. The maximum absolute atomic E-state index is 12.2. The van der Waals surface area contributed by atoms with E-state index < -0.39 is 0 Å². The third-order valence-electron chi connectivity index (χ3n) is 4.73. The molecule has 2 aliphatic rings. The zero-order valence-corrected chi connectivity index (χ0v) is 14.1. The Balaban J connectivity index is 1.54. The molecule has 1 heterocycles. The van der Waals surface area contributed by atoms with Gasteiger partial charge in [-0.25, -0.2) is 0 Å². The van der Waals surface area contributed by atoms with Gasteiger partial charge in [0.15, 0.2) is 0 Å². The Kier molecular flexibility index (Phi) is 5.72. The highest BCUT2D eigenvalue weighted by atomic mass is 16.5. The van der Waals surface area contributed by atoms with E-state index in [1.165, 1.54) is 12.8 Å². The summed E-state index contributed by atoms with van der Waals surface area (Å²) in [7, 11) is 0. The highest BCUT2D eigenvalue weighted by Crippen LogP contribution is 2.25. The zero-order valence-electron chi connectivity index (χ0n) is 14.1. The van der Waals surface area contributed by atoms with E-state index in [1.807, 2.05) is 24.3 Å². The molecule has 1 N–H and O–H groups in total. The van der Waals surface area contributed by atoms with E-state index in [2.05, 4.69) is 5.32 Å². The van der Waals surface area contributed by atoms with Gasteiger partial charge in [-0.1, -0.05) is 12.5 Å². The van der Waals surface area contributed by atoms with Gasteiger partial charge >= 0.3 is 0 Å². The zero-order chi connectivity index (χ0) is 16.8. The van der Waals surface area contributed by atoms with Crippen LogP contribution in [-0.4, -0.2) is 35.9 Å². The molecule has 24 heavy (non-hydrogen) atoms. The topological polar surface area (TPSA) is 58.6 Å². The summed E-state index contributed by atoms with van der Waals surface area (Å²) in [4.78, 5) is 25.9. The fraction of sp³-hybridized carbons (Fsp3) is 0.579. The number of carbonyl (C=O) groups is 2. The van der Waals surface area contributed by atoms with Gasteiger partial charge in [0.2, 0.25) is 11.8 Å². The van der Waals surface area contributed by atoms with Gasteiger partial charge in [-0.2, -0.15) is 0 Å². The van der Waals surface area contributed by atoms with E-state index in [-0.39, 0.29) is 18.4 Å². The van der Waals surface area contributed by atoms with Gasteiger partial charge in [-0.3, -0.25) is 9.59 Å². The number of hydrogen-bond donors (Lipinski definition) is 1. The summed E-state index contributed by atoms with van der Waals surface area (Å²) >= 11 is 0. The highest BCUT2D eigenvalue weighted by Gasteiger charge is 2.20. The number of benzene rings is 1. The van der Waals surface area contributed by atoms with Crippen LogP contribution in [0.15, 0.2) is 24.3 Å². The average Bonchev–Trinajstić information content (AvgIpc) is 2.98. The van der Waals surface area contributed by atoms with Gasteiger partial charge in [0.25, 0.3) is 0 Å². The minimum absolute atomic E-state index is 0.0842. The molecule has 1 aromatic rings. The SMILES string of the molecule is O=C(CN1CCCCCC1=O)Nc1cccc(OC2CCCC2)c1. The van der Waals surface area contributed by atoms with Crippen LogP contribution in [0.3, 0.4) is 0 Å². The van der Waals surface area contributed by atoms with Crippen molar-refractivity contribution in [3.8, 4) is 5.75 Å². The van der Waals surface area contributed by atoms with Crippen molar-refractivity contribution in [1.82, 2.24) is 4.90 Å². The molecule has 130 valence electrons. The van der Waals surface area contributed by atoms with Crippen molar-refractivity contribution in [2.24, 2.45) is 0 Å². The summed E-state index contributed by atoms with van der Waals surface area (Å²) < 4.78 is 5.97. The predicted octanol–water partition coefficient (Wildman–Crippen LogP) is 3.35. The normalized spacial score (nSPS) is 19.2. The Labute approximate surface area is 143 Å². The lowest BCUT2D eigenvalue weighted by molar-refractivity contribution is -0.134. The maximum atomic E-state index is 12.2. The number of nitrogens with one attached hydrogen (secondary N) is 1. The van der Waals surface area contributed by atoms with Crippen molar-refractivity contribution in [2.75, 3.05) is 18.4 Å². The third-order valence-corrected chi connectivity index (χ3v) is 4.73. The number of amides is 2. The Morgan fingerprint density at radius 2 is 2.00 bits per heavy atom. The van der Waals surface area contributed by atoms with E-state index in [4.69, 9.17) is 4.74 Å². The van der Waals surface area contributed by atoms with Crippen LogP contribution in [0.1, 0.15) is 51.4 Å². The summed E-state index contributed by atoms with van der Waals surface area (Å²) in [6.45, 7) is 0.809. The van der Waals surface area contributed by atoms with Gasteiger partial charge in [0.1, 0.15) is 5.75 Å². The summed E-state index contributed by atoms with van der Waals surface area (Å²) in [6, 6.07) is 7.52. The molecule has 0 unspecified atom stereocenters. The highest BCUT2D eigenvalue weighted by molar-refractivity contribution is 5.94.